The third-order valence-electron chi connectivity index (χ3n) is 2.00. The van der Waals surface area contributed by atoms with E-state index in [1.807, 2.05) is 18.2 Å². The van der Waals surface area contributed by atoms with Gasteiger partial charge in [0.15, 0.2) is 0 Å². The van der Waals surface area contributed by atoms with Crippen molar-refractivity contribution in [2.24, 2.45) is 0 Å². The Kier molecular flexibility index (Phi) is 4.19. The lowest BCUT2D eigenvalue weighted by atomic mass is 10.3. The van der Waals surface area contributed by atoms with Crippen LogP contribution in [0.1, 0.15) is 5.56 Å². The molecule has 0 saturated carbocycles. The molecule has 0 atom stereocenters. The zero-order chi connectivity index (χ0) is 11.5. The number of nitrogens with two attached hydrogens (primary N) is 1. The molecule has 84 valence electrons. The molecule has 0 unspecified atom stereocenters. The highest BCUT2D eigenvalue weighted by Crippen LogP contribution is 2.35. The molecule has 1 aromatic heterocycles. The molecule has 1 aromatic carbocycles. The summed E-state index contributed by atoms with van der Waals surface area (Å²) in [4.78, 5) is 0.964. The summed E-state index contributed by atoms with van der Waals surface area (Å²) in [5.41, 5.74) is 7.90. The Hall–Kier alpha value is -0.160. The Bertz CT molecular complexity index is 478. The van der Waals surface area contributed by atoms with Gasteiger partial charge < -0.3 is 5.73 Å². The van der Waals surface area contributed by atoms with Crippen LogP contribution < -0.4 is 5.73 Å². The molecular weight excluding hydrogens is 326 g/mol. The van der Waals surface area contributed by atoms with Crippen LogP contribution in [0.5, 0.6) is 0 Å². The Balaban J connectivity index is 2.10. The lowest BCUT2D eigenvalue weighted by Gasteiger charge is -2.06. The number of nitrogen functional groups attached to an aromatic ring is 1. The van der Waals surface area contributed by atoms with Crippen molar-refractivity contribution in [3.63, 3.8) is 0 Å². The second-order valence-electron chi connectivity index (χ2n) is 3.21. The van der Waals surface area contributed by atoms with Crippen LogP contribution >= 0.6 is 50.6 Å². The Morgan fingerprint density at radius 1 is 1.44 bits per heavy atom. The lowest BCUT2D eigenvalue weighted by molar-refractivity contribution is 1.41. The van der Waals surface area contributed by atoms with Crippen molar-refractivity contribution in [3.8, 4) is 0 Å². The van der Waals surface area contributed by atoms with Gasteiger partial charge in [0.05, 0.1) is 8.81 Å². The standard InChI is InChI=1S/C11H9BrClNS2/c12-10-4-7(5-15-10)6-16-11-8(13)2-1-3-9(11)14/h1-5H,6,14H2. The molecule has 2 rings (SSSR count). The van der Waals surface area contributed by atoms with Gasteiger partial charge in [-0.3, -0.25) is 0 Å². The zero-order valence-electron chi connectivity index (χ0n) is 8.24. The Labute approximate surface area is 116 Å². The van der Waals surface area contributed by atoms with Crippen molar-refractivity contribution in [1.82, 2.24) is 0 Å². The molecule has 0 amide bonds. The van der Waals surface area contributed by atoms with Crippen LogP contribution in [0.3, 0.4) is 0 Å². The predicted molar refractivity (Wildman–Crippen MR) is 77.4 cm³/mol. The first-order valence-electron chi connectivity index (χ1n) is 4.56. The van der Waals surface area contributed by atoms with Gasteiger partial charge in [0, 0.05) is 16.3 Å². The van der Waals surface area contributed by atoms with Gasteiger partial charge in [-0.05, 0) is 45.1 Å². The van der Waals surface area contributed by atoms with E-state index in [1.165, 1.54) is 5.56 Å². The van der Waals surface area contributed by atoms with Crippen molar-refractivity contribution in [1.29, 1.82) is 0 Å². The van der Waals surface area contributed by atoms with Crippen molar-refractivity contribution in [2.75, 3.05) is 5.73 Å². The third-order valence-corrected chi connectivity index (χ3v) is 5.20. The molecule has 1 heterocycles. The van der Waals surface area contributed by atoms with E-state index in [-0.39, 0.29) is 0 Å². The van der Waals surface area contributed by atoms with E-state index in [1.54, 1.807) is 23.1 Å². The number of halogens is 2. The van der Waals surface area contributed by atoms with E-state index < -0.39 is 0 Å². The third kappa shape index (κ3) is 2.94. The summed E-state index contributed by atoms with van der Waals surface area (Å²) in [6.07, 6.45) is 0. The van der Waals surface area contributed by atoms with Gasteiger partial charge in [-0.15, -0.1) is 23.1 Å². The van der Waals surface area contributed by atoms with Gasteiger partial charge in [-0.2, -0.15) is 0 Å². The minimum atomic E-state index is 0.722. The summed E-state index contributed by atoms with van der Waals surface area (Å²) in [7, 11) is 0. The molecule has 0 aliphatic rings. The molecule has 0 spiro atoms. The maximum absolute atomic E-state index is 6.09. The SMILES string of the molecule is Nc1cccc(Cl)c1SCc1csc(Br)c1. The monoisotopic (exact) mass is 333 g/mol. The van der Waals surface area contributed by atoms with Gasteiger partial charge in [-0.25, -0.2) is 0 Å². The zero-order valence-corrected chi connectivity index (χ0v) is 12.2. The molecule has 16 heavy (non-hydrogen) atoms. The molecule has 1 nitrogen and oxygen atoms in total. The molecule has 2 N–H and O–H groups in total. The first-order chi connectivity index (χ1) is 7.66. The van der Waals surface area contributed by atoms with Gasteiger partial charge in [-0.1, -0.05) is 17.7 Å². The summed E-state index contributed by atoms with van der Waals surface area (Å²) >= 11 is 12.9. The topological polar surface area (TPSA) is 26.0 Å². The first-order valence-corrected chi connectivity index (χ1v) is 7.60. The molecule has 0 bridgehead atoms. The van der Waals surface area contributed by atoms with Crippen LogP contribution in [0.25, 0.3) is 0 Å². The molecule has 0 aliphatic heterocycles. The van der Waals surface area contributed by atoms with Gasteiger partial charge in [0.25, 0.3) is 0 Å². The average Bonchev–Trinajstić information content (AvgIpc) is 2.63. The fourth-order valence-electron chi connectivity index (χ4n) is 1.25. The highest BCUT2D eigenvalue weighted by molar-refractivity contribution is 9.11. The summed E-state index contributed by atoms with van der Waals surface area (Å²) in [5, 5.41) is 2.85. The highest BCUT2D eigenvalue weighted by Gasteiger charge is 2.06. The minimum absolute atomic E-state index is 0.722. The van der Waals surface area contributed by atoms with Gasteiger partial charge in [0.2, 0.25) is 0 Å². The summed E-state index contributed by atoms with van der Waals surface area (Å²) in [6.45, 7) is 0. The molecule has 0 saturated heterocycles. The number of hydrogen-bond donors (Lipinski definition) is 1. The van der Waals surface area contributed by atoms with E-state index >= 15 is 0 Å². The number of rotatable bonds is 3. The molecular formula is C11H9BrClNS2. The maximum atomic E-state index is 6.09. The number of thioether (sulfide) groups is 1. The summed E-state index contributed by atoms with van der Waals surface area (Å²) in [5.74, 6) is 0.885. The van der Waals surface area contributed by atoms with Crippen LogP contribution in [-0.4, -0.2) is 0 Å². The first kappa shape index (κ1) is 12.3. The molecule has 0 aliphatic carbocycles. The second kappa shape index (κ2) is 5.45. The number of anilines is 1. The predicted octanol–water partition coefficient (Wildman–Crippen LogP) is 5.04. The van der Waals surface area contributed by atoms with Crippen LogP contribution in [0.15, 0.2) is 38.3 Å². The Morgan fingerprint density at radius 2 is 2.25 bits per heavy atom. The van der Waals surface area contributed by atoms with Crippen LogP contribution in [-0.2, 0) is 5.75 Å². The van der Waals surface area contributed by atoms with Crippen molar-refractivity contribution in [3.05, 3.63) is 44.0 Å². The molecule has 2 aromatic rings. The van der Waals surface area contributed by atoms with Crippen LogP contribution in [0.4, 0.5) is 5.69 Å². The lowest BCUT2D eigenvalue weighted by Crippen LogP contribution is -1.89. The van der Waals surface area contributed by atoms with E-state index in [9.17, 15) is 0 Å². The van der Waals surface area contributed by atoms with Crippen molar-refractivity contribution >= 4 is 56.3 Å². The van der Waals surface area contributed by atoms with Crippen LogP contribution in [0, 0.1) is 0 Å². The smallest absolute Gasteiger partial charge is 0.0701 e. The van der Waals surface area contributed by atoms with Crippen molar-refractivity contribution < 1.29 is 0 Å². The molecule has 0 radical (unpaired) electrons. The minimum Gasteiger partial charge on any atom is -0.398 e. The van der Waals surface area contributed by atoms with Gasteiger partial charge >= 0.3 is 0 Å². The summed E-state index contributed by atoms with van der Waals surface area (Å²) in [6, 6.07) is 7.72. The highest BCUT2D eigenvalue weighted by atomic mass is 79.9. The maximum Gasteiger partial charge on any atom is 0.0701 e. The number of hydrogen-bond acceptors (Lipinski definition) is 3. The Morgan fingerprint density at radius 3 is 2.88 bits per heavy atom. The quantitative estimate of drug-likeness (QED) is 0.628. The van der Waals surface area contributed by atoms with E-state index in [0.29, 0.717) is 0 Å². The molecule has 0 fully saturated rings. The molecule has 5 heteroatoms. The summed E-state index contributed by atoms with van der Waals surface area (Å²) < 4.78 is 1.15. The number of thiophene rings is 1. The van der Waals surface area contributed by atoms with Crippen LogP contribution in [0.2, 0.25) is 5.02 Å². The largest absolute Gasteiger partial charge is 0.398 e. The van der Waals surface area contributed by atoms with E-state index in [4.69, 9.17) is 17.3 Å². The van der Waals surface area contributed by atoms with E-state index in [2.05, 4.69) is 27.4 Å². The number of benzene rings is 1. The van der Waals surface area contributed by atoms with Crippen molar-refractivity contribution in [2.45, 2.75) is 10.6 Å². The average molecular weight is 335 g/mol. The fourth-order valence-corrected chi connectivity index (χ4v) is 3.83. The van der Waals surface area contributed by atoms with Gasteiger partial charge in [0.1, 0.15) is 0 Å². The second-order valence-corrected chi connectivity index (χ2v) is 6.89. The van der Waals surface area contributed by atoms with E-state index in [0.717, 1.165) is 25.1 Å². The fraction of sp³-hybridized carbons (Fsp3) is 0.0909. The normalized spacial score (nSPS) is 10.6.